The molecular weight excluding hydrogens is 272 g/mol. The predicted molar refractivity (Wildman–Crippen MR) is 81.6 cm³/mol. The molecule has 0 saturated carbocycles. The Hall–Kier alpha value is -2.08. The summed E-state index contributed by atoms with van der Waals surface area (Å²) in [4.78, 5) is 8.86. The first-order chi connectivity index (χ1) is 9.76. The Kier molecular flexibility index (Phi) is 3.56. The first-order valence-electron chi connectivity index (χ1n) is 6.41. The van der Waals surface area contributed by atoms with Gasteiger partial charge in [-0.15, -0.1) is 0 Å². The highest BCUT2D eigenvalue weighted by Crippen LogP contribution is 2.28. The highest BCUT2D eigenvalue weighted by Gasteiger charge is 2.05. The van der Waals surface area contributed by atoms with E-state index in [1.54, 1.807) is 18.4 Å². The second kappa shape index (κ2) is 5.50. The van der Waals surface area contributed by atoms with Gasteiger partial charge in [0.05, 0.1) is 17.3 Å². The van der Waals surface area contributed by atoms with Crippen LogP contribution in [0.1, 0.15) is 5.82 Å². The summed E-state index contributed by atoms with van der Waals surface area (Å²) in [7, 11) is 3.68. The molecule has 104 valence electrons. The maximum Gasteiger partial charge on any atom is 0.183 e. The average molecular weight is 288 g/mol. The van der Waals surface area contributed by atoms with E-state index in [2.05, 4.69) is 15.3 Å². The van der Waals surface area contributed by atoms with Crippen LogP contribution in [0.25, 0.3) is 10.2 Å². The molecule has 20 heavy (non-hydrogen) atoms. The van der Waals surface area contributed by atoms with Crippen molar-refractivity contribution in [2.45, 2.75) is 6.42 Å². The first kappa shape index (κ1) is 12.9. The van der Waals surface area contributed by atoms with Crippen LogP contribution in [0.3, 0.4) is 0 Å². The van der Waals surface area contributed by atoms with E-state index in [1.165, 1.54) is 0 Å². The second-order valence-electron chi connectivity index (χ2n) is 4.48. The van der Waals surface area contributed by atoms with Crippen LogP contribution in [-0.4, -0.2) is 28.2 Å². The normalized spacial score (nSPS) is 10.9. The number of methoxy groups -OCH3 is 1. The topological polar surface area (TPSA) is 52.0 Å². The number of thiazole rings is 1. The Labute approximate surface area is 121 Å². The highest BCUT2D eigenvalue weighted by atomic mass is 32.1. The number of hydrogen-bond acceptors (Lipinski definition) is 5. The van der Waals surface area contributed by atoms with Crippen molar-refractivity contribution in [2.75, 3.05) is 19.0 Å². The van der Waals surface area contributed by atoms with Gasteiger partial charge in [-0.05, 0) is 18.2 Å². The molecule has 1 aromatic carbocycles. The molecule has 0 unspecified atom stereocenters. The molecule has 3 aromatic rings. The van der Waals surface area contributed by atoms with Gasteiger partial charge in [0.1, 0.15) is 11.6 Å². The summed E-state index contributed by atoms with van der Waals surface area (Å²) in [6.07, 6.45) is 4.65. The number of benzene rings is 1. The molecular formula is C14H16N4OS. The van der Waals surface area contributed by atoms with Crippen LogP contribution in [0, 0.1) is 0 Å². The molecule has 0 radical (unpaired) electrons. The maximum atomic E-state index is 5.22. The Bertz CT molecular complexity index is 719. The van der Waals surface area contributed by atoms with Crippen molar-refractivity contribution in [1.29, 1.82) is 0 Å². The zero-order chi connectivity index (χ0) is 13.9. The number of aryl methyl sites for hydroxylation is 1. The zero-order valence-corrected chi connectivity index (χ0v) is 12.3. The summed E-state index contributed by atoms with van der Waals surface area (Å²) in [5, 5.41) is 4.28. The molecule has 3 rings (SSSR count). The first-order valence-corrected chi connectivity index (χ1v) is 7.22. The molecule has 2 aromatic heterocycles. The smallest absolute Gasteiger partial charge is 0.183 e. The number of aromatic nitrogens is 3. The van der Waals surface area contributed by atoms with Crippen LogP contribution >= 0.6 is 11.3 Å². The van der Waals surface area contributed by atoms with Gasteiger partial charge in [0.2, 0.25) is 0 Å². The molecule has 0 aliphatic heterocycles. The summed E-state index contributed by atoms with van der Waals surface area (Å²) in [6, 6.07) is 5.92. The summed E-state index contributed by atoms with van der Waals surface area (Å²) < 4.78 is 8.38. The van der Waals surface area contributed by atoms with E-state index in [-0.39, 0.29) is 0 Å². The van der Waals surface area contributed by atoms with E-state index in [9.17, 15) is 0 Å². The Morgan fingerprint density at radius 1 is 1.40 bits per heavy atom. The molecule has 2 heterocycles. The van der Waals surface area contributed by atoms with Gasteiger partial charge in [0, 0.05) is 32.4 Å². The predicted octanol–water partition coefficient (Wildman–Crippen LogP) is 2.69. The molecule has 0 fully saturated rings. The average Bonchev–Trinajstić information content (AvgIpc) is 3.04. The summed E-state index contributed by atoms with van der Waals surface area (Å²) in [5.74, 6) is 1.93. The molecule has 0 atom stereocenters. The summed E-state index contributed by atoms with van der Waals surface area (Å²) >= 11 is 1.64. The van der Waals surface area contributed by atoms with Crippen molar-refractivity contribution in [3.8, 4) is 5.75 Å². The molecule has 0 spiro atoms. The number of nitrogens with zero attached hydrogens (tertiary/aromatic N) is 3. The second-order valence-corrected chi connectivity index (χ2v) is 5.51. The van der Waals surface area contributed by atoms with Gasteiger partial charge < -0.3 is 14.6 Å². The fraction of sp³-hybridized carbons (Fsp3) is 0.286. The molecule has 0 bridgehead atoms. The minimum Gasteiger partial charge on any atom is -0.497 e. The van der Waals surface area contributed by atoms with Crippen LogP contribution in [0.15, 0.2) is 30.6 Å². The fourth-order valence-electron chi connectivity index (χ4n) is 2.03. The van der Waals surface area contributed by atoms with Gasteiger partial charge in [-0.25, -0.2) is 9.97 Å². The standard InChI is InChI=1S/C14H16N4OS/c1-18-8-7-15-13(18)5-6-16-14-17-11-4-3-10(19-2)9-12(11)20-14/h3-4,7-9H,5-6H2,1-2H3,(H,16,17). The van der Waals surface area contributed by atoms with E-state index in [1.807, 2.05) is 42.2 Å². The molecule has 0 aliphatic carbocycles. The lowest BCUT2D eigenvalue weighted by Crippen LogP contribution is -2.08. The van der Waals surface area contributed by atoms with Gasteiger partial charge in [0.15, 0.2) is 5.13 Å². The third-order valence-electron chi connectivity index (χ3n) is 3.14. The van der Waals surface area contributed by atoms with Crippen LogP contribution < -0.4 is 10.1 Å². The third kappa shape index (κ3) is 2.60. The number of fused-ring (bicyclic) bond motifs is 1. The summed E-state index contributed by atoms with van der Waals surface area (Å²) in [5.41, 5.74) is 0.996. The number of hydrogen-bond donors (Lipinski definition) is 1. The van der Waals surface area contributed by atoms with Crippen LogP contribution in [0.5, 0.6) is 5.75 Å². The molecule has 6 heteroatoms. The molecule has 5 nitrogen and oxygen atoms in total. The van der Waals surface area contributed by atoms with Gasteiger partial charge in [-0.3, -0.25) is 0 Å². The lowest BCUT2D eigenvalue weighted by Gasteiger charge is -2.02. The molecule has 0 saturated heterocycles. The fourth-order valence-corrected chi connectivity index (χ4v) is 2.95. The maximum absolute atomic E-state index is 5.22. The molecule has 1 N–H and O–H groups in total. The highest BCUT2D eigenvalue weighted by molar-refractivity contribution is 7.22. The van der Waals surface area contributed by atoms with Crippen molar-refractivity contribution in [3.05, 3.63) is 36.4 Å². The quantitative estimate of drug-likeness (QED) is 0.784. The van der Waals surface area contributed by atoms with Crippen LogP contribution in [0.4, 0.5) is 5.13 Å². The molecule has 0 amide bonds. The Morgan fingerprint density at radius 2 is 2.30 bits per heavy atom. The summed E-state index contributed by atoms with van der Waals surface area (Å²) in [6.45, 7) is 0.821. The van der Waals surface area contributed by atoms with Gasteiger partial charge in [-0.1, -0.05) is 11.3 Å². The van der Waals surface area contributed by atoms with Crippen molar-refractivity contribution >= 4 is 26.7 Å². The van der Waals surface area contributed by atoms with E-state index in [0.29, 0.717) is 0 Å². The monoisotopic (exact) mass is 288 g/mol. The largest absolute Gasteiger partial charge is 0.497 e. The van der Waals surface area contributed by atoms with E-state index >= 15 is 0 Å². The van der Waals surface area contributed by atoms with Gasteiger partial charge in [0.25, 0.3) is 0 Å². The van der Waals surface area contributed by atoms with Gasteiger partial charge >= 0.3 is 0 Å². The number of rotatable bonds is 5. The van der Waals surface area contributed by atoms with Crippen molar-refractivity contribution < 1.29 is 4.74 Å². The zero-order valence-electron chi connectivity index (χ0n) is 11.5. The minimum absolute atomic E-state index is 0.821. The number of imidazole rings is 1. The van der Waals surface area contributed by atoms with Crippen molar-refractivity contribution in [3.63, 3.8) is 0 Å². The van der Waals surface area contributed by atoms with Crippen molar-refractivity contribution in [2.24, 2.45) is 7.05 Å². The van der Waals surface area contributed by atoms with Crippen molar-refractivity contribution in [1.82, 2.24) is 14.5 Å². The third-order valence-corrected chi connectivity index (χ3v) is 4.12. The van der Waals surface area contributed by atoms with Crippen LogP contribution in [-0.2, 0) is 13.5 Å². The Morgan fingerprint density at radius 3 is 3.05 bits per heavy atom. The number of anilines is 1. The van der Waals surface area contributed by atoms with Crippen LogP contribution in [0.2, 0.25) is 0 Å². The lowest BCUT2D eigenvalue weighted by atomic mass is 10.3. The van der Waals surface area contributed by atoms with Gasteiger partial charge in [-0.2, -0.15) is 0 Å². The van der Waals surface area contributed by atoms with E-state index < -0.39 is 0 Å². The van der Waals surface area contributed by atoms with E-state index in [0.717, 1.165) is 39.9 Å². The lowest BCUT2D eigenvalue weighted by molar-refractivity contribution is 0.415. The Balaban J connectivity index is 1.67. The minimum atomic E-state index is 0.821. The molecule has 0 aliphatic rings. The van der Waals surface area contributed by atoms with E-state index in [4.69, 9.17) is 4.74 Å². The number of nitrogens with one attached hydrogen (secondary N) is 1. The SMILES string of the molecule is COc1ccc2nc(NCCc3nccn3C)sc2c1. The number of ether oxygens (including phenoxy) is 1.